The van der Waals surface area contributed by atoms with E-state index in [-0.39, 0.29) is 17.5 Å². The first-order chi connectivity index (χ1) is 17.9. The molecule has 4 fully saturated rings. The summed E-state index contributed by atoms with van der Waals surface area (Å²) in [6, 6.07) is 5.89. The number of allylic oxidation sites excluding steroid dienone is 1. The summed E-state index contributed by atoms with van der Waals surface area (Å²) >= 11 is 7.63. The maximum absolute atomic E-state index is 10.5. The Morgan fingerprint density at radius 2 is 2.16 bits per heavy atom. The van der Waals surface area contributed by atoms with Crippen LogP contribution in [-0.4, -0.2) is 56.2 Å². The van der Waals surface area contributed by atoms with Gasteiger partial charge in [-0.2, -0.15) is 10.4 Å². The first kappa shape index (κ1) is 26.7. The van der Waals surface area contributed by atoms with E-state index in [4.69, 9.17) is 40.8 Å². The Balaban J connectivity index is 1.27. The molecule has 2 N–H and O–H groups in total. The zero-order valence-corrected chi connectivity index (χ0v) is 24.4. The molecule has 204 valence electrons. The monoisotopic (exact) mass is 577 g/mol. The highest BCUT2D eigenvalue weighted by Crippen LogP contribution is 2.75. The van der Waals surface area contributed by atoms with Gasteiger partial charge in [-0.1, -0.05) is 23.5 Å². The number of aromatic nitrogens is 3. The fourth-order valence-corrected chi connectivity index (χ4v) is 13.2. The van der Waals surface area contributed by atoms with Gasteiger partial charge in [0, 0.05) is 4.75 Å². The second-order valence-corrected chi connectivity index (χ2v) is 17.8. The third-order valence-corrected chi connectivity index (χ3v) is 13.9. The molecule has 3 aliphatic heterocycles. The summed E-state index contributed by atoms with van der Waals surface area (Å²) in [4.78, 5) is 4.05. The van der Waals surface area contributed by atoms with Crippen molar-refractivity contribution in [2.24, 2.45) is 5.92 Å². The summed E-state index contributed by atoms with van der Waals surface area (Å²) in [5.74, 6) is -0.180. The average molecular weight is 578 g/mol. The van der Waals surface area contributed by atoms with E-state index in [1.165, 1.54) is 11.9 Å². The van der Waals surface area contributed by atoms with Gasteiger partial charge in [-0.3, -0.25) is 0 Å². The maximum atomic E-state index is 10.5. The summed E-state index contributed by atoms with van der Waals surface area (Å²) in [7, 11) is 0. The molecule has 4 aliphatic rings. The van der Waals surface area contributed by atoms with E-state index >= 15 is 0 Å². The Kier molecular flexibility index (Phi) is 6.30. The second-order valence-electron chi connectivity index (χ2n) is 11.2. The molecule has 2 aromatic heterocycles. The Morgan fingerprint density at radius 1 is 1.37 bits per heavy atom. The topological polar surface area (TPSA) is 126 Å². The molecule has 0 radical (unpaired) electrons. The summed E-state index contributed by atoms with van der Waals surface area (Å²) in [6.45, 7) is 12.2. The van der Waals surface area contributed by atoms with Crippen molar-refractivity contribution in [1.82, 2.24) is 14.6 Å². The van der Waals surface area contributed by atoms with Gasteiger partial charge in [0.15, 0.2) is 11.6 Å². The van der Waals surface area contributed by atoms with E-state index in [1.54, 1.807) is 28.0 Å². The number of nitrogens with zero attached hydrogens (tertiary/aromatic N) is 4. The fourth-order valence-electron chi connectivity index (χ4n) is 6.07. The van der Waals surface area contributed by atoms with Crippen LogP contribution >= 0.6 is 17.1 Å². The van der Waals surface area contributed by atoms with E-state index in [9.17, 15) is 5.26 Å². The molecule has 0 bridgehead atoms. The minimum atomic E-state index is -2.66. The van der Waals surface area contributed by atoms with E-state index in [0.29, 0.717) is 22.9 Å². The number of hydrogen-bond acceptors (Lipinski definition) is 11. The zero-order valence-electron chi connectivity index (χ0n) is 21.8. The van der Waals surface area contributed by atoms with Crippen molar-refractivity contribution in [3.8, 4) is 6.07 Å². The number of fused-ring (bicyclic) bond motifs is 3. The third-order valence-electron chi connectivity index (χ3n) is 8.10. The van der Waals surface area contributed by atoms with E-state index in [1.807, 2.05) is 13.8 Å². The number of ether oxygens (including phenoxy) is 3. The maximum Gasteiger partial charge on any atom is 0.248 e. The molecule has 1 aliphatic carbocycles. The van der Waals surface area contributed by atoms with Gasteiger partial charge in [0.2, 0.25) is 11.3 Å². The van der Waals surface area contributed by atoms with Gasteiger partial charge in [-0.05, 0) is 76.8 Å². The van der Waals surface area contributed by atoms with Crippen LogP contribution in [0.25, 0.3) is 5.52 Å². The molecule has 10 nitrogen and oxygen atoms in total. The SMILES string of the molecule is C=C(C)[C@H]1CC[C@@]2(C)S[P@](=S)(OC[C@H]3O[C@@](C#N)(c4ccc5c(N)ncnn45)[C@@H]4OC(C)(C)O[C@@H]43)O[C@@H]2C1. The van der Waals surface area contributed by atoms with Crippen molar-refractivity contribution in [2.75, 3.05) is 12.3 Å². The molecular weight excluding hydrogens is 545 g/mol. The van der Waals surface area contributed by atoms with Crippen LogP contribution in [0.15, 0.2) is 30.6 Å². The largest absolute Gasteiger partial charge is 0.382 e. The predicted octanol–water partition coefficient (Wildman–Crippen LogP) is 4.46. The minimum absolute atomic E-state index is 0.0199. The summed E-state index contributed by atoms with van der Waals surface area (Å²) in [5.41, 5.74) is 4.13. The van der Waals surface area contributed by atoms with Gasteiger partial charge in [0.25, 0.3) is 0 Å². The lowest BCUT2D eigenvalue weighted by molar-refractivity contribution is -0.203. The first-order valence-electron chi connectivity index (χ1n) is 12.7. The number of nitrogens with two attached hydrogens (primary N) is 1. The van der Waals surface area contributed by atoms with Crippen LogP contribution in [-0.2, 0) is 40.7 Å². The van der Waals surface area contributed by atoms with Gasteiger partial charge in [0.1, 0.15) is 36.2 Å². The van der Waals surface area contributed by atoms with Crippen molar-refractivity contribution in [1.29, 1.82) is 5.26 Å². The lowest BCUT2D eigenvalue weighted by atomic mass is 9.77. The van der Waals surface area contributed by atoms with E-state index < -0.39 is 35.4 Å². The molecular formula is C25H32N5O5PS2. The molecule has 38 heavy (non-hydrogen) atoms. The van der Waals surface area contributed by atoms with Crippen LogP contribution in [0.4, 0.5) is 5.82 Å². The standard InChI is InChI=1S/C25H32N5O5PS2/c1-14(2)15-8-9-24(5)19(10-15)35-36(37,38-24)31-11-17-20-21(34-23(3,4)33-20)25(12-26,32-17)18-7-6-16-22(27)28-13-29-30(16)18/h6-7,13,15,17,19-21H,1,8-11H2,2-5H3,(H2,27,28,29)/t15-,17+,19+,20+,21+,24+,25-,36+/m0/s1. The van der Waals surface area contributed by atoms with Crippen molar-refractivity contribution < 1.29 is 23.3 Å². The van der Waals surface area contributed by atoms with Crippen molar-refractivity contribution >= 4 is 40.2 Å². The third kappa shape index (κ3) is 4.14. The quantitative estimate of drug-likeness (QED) is 0.400. The highest BCUT2D eigenvalue weighted by atomic mass is 32.9. The van der Waals surface area contributed by atoms with Crippen LogP contribution < -0.4 is 5.73 Å². The normalized spacial score (nSPS) is 41.6. The molecule has 0 amide bonds. The van der Waals surface area contributed by atoms with Crippen LogP contribution in [0, 0.1) is 17.2 Å². The van der Waals surface area contributed by atoms with Crippen LogP contribution in [0.1, 0.15) is 52.7 Å². The number of rotatable bonds is 5. The van der Waals surface area contributed by atoms with Gasteiger partial charge >= 0.3 is 0 Å². The lowest BCUT2D eigenvalue weighted by Crippen LogP contribution is -2.40. The number of nitriles is 1. The lowest BCUT2D eigenvalue weighted by Gasteiger charge is -2.37. The highest BCUT2D eigenvalue weighted by Gasteiger charge is 2.66. The average Bonchev–Trinajstić information content (AvgIpc) is 3.56. The van der Waals surface area contributed by atoms with E-state index in [2.05, 4.69) is 36.6 Å². The Hall–Kier alpha value is -1.55. The zero-order chi connectivity index (χ0) is 27.1. The molecule has 0 spiro atoms. The van der Waals surface area contributed by atoms with Crippen molar-refractivity contribution in [3.05, 3.63) is 36.3 Å². The Morgan fingerprint density at radius 3 is 2.89 bits per heavy atom. The minimum Gasteiger partial charge on any atom is -0.382 e. The van der Waals surface area contributed by atoms with E-state index in [0.717, 1.165) is 19.3 Å². The van der Waals surface area contributed by atoms with Gasteiger partial charge in [0.05, 0.1) is 18.4 Å². The molecule has 13 heteroatoms. The molecule has 8 atom stereocenters. The van der Waals surface area contributed by atoms with Crippen LogP contribution in [0.5, 0.6) is 0 Å². The van der Waals surface area contributed by atoms with Gasteiger partial charge in [-0.15, -0.1) is 0 Å². The Bertz CT molecular complexity index is 1400. The molecule has 5 heterocycles. The van der Waals surface area contributed by atoms with Crippen LogP contribution in [0.3, 0.4) is 0 Å². The summed E-state index contributed by atoms with van der Waals surface area (Å²) in [6.07, 6.45) is 2.45. The smallest absolute Gasteiger partial charge is 0.248 e. The number of hydrogen-bond donors (Lipinski definition) is 1. The van der Waals surface area contributed by atoms with Crippen LogP contribution in [0.2, 0.25) is 0 Å². The fraction of sp³-hybridized carbons (Fsp3) is 0.640. The second kappa shape index (κ2) is 8.98. The molecule has 1 saturated carbocycles. The highest BCUT2D eigenvalue weighted by molar-refractivity contribution is 8.68. The molecule has 0 unspecified atom stereocenters. The van der Waals surface area contributed by atoms with Crippen molar-refractivity contribution in [3.63, 3.8) is 0 Å². The Labute approximate surface area is 231 Å². The molecule has 6 rings (SSSR count). The predicted molar refractivity (Wildman–Crippen MR) is 147 cm³/mol. The van der Waals surface area contributed by atoms with Crippen molar-refractivity contribution in [2.45, 2.75) is 87.5 Å². The summed E-state index contributed by atoms with van der Waals surface area (Å²) in [5, 5.41) is 14.9. The van der Waals surface area contributed by atoms with Gasteiger partial charge in [-0.25, -0.2) is 9.50 Å². The number of nitrogen functional groups attached to an aromatic ring is 1. The first-order valence-corrected chi connectivity index (χ1v) is 16.8. The molecule has 3 saturated heterocycles. The molecule has 2 aromatic rings. The van der Waals surface area contributed by atoms with Gasteiger partial charge < -0.3 is 29.0 Å². The number of anilines is 1. The summed E-state index contributed by atoms with van der Waals surface area (Å²) < 4.78 is 33.3. The molecule has 0 aromatic carbocycles.